The molecule has 2 N–H and O–H groups in total. The minimum absolute atomic E-state index is 0.337. The number of fused-ring (bicyclic) bond motifs is 3. The maximum absolute atomic E-state index is 12.1. The van der Waals surface area contributed by atoms with Crippen LogP contribution in [0, 0.1) is 6.92 Å². The number of H-pyrrole nitrogens is 1. The molecule has 0 fully saturated rings. The number of hydrogen-bond donors (Lipinski definition) is 2. The second kappa shape index (κ2) is 3.94. The Hall–Kier alpha value is -2.63. The summed E-state index contributed by atoms with van der Waals surface area (Å²) in [6, 6.07) is 5.77. The smallest absolute Gasteiger partial charge is 0.323 e. The van der Waals surface area contributed by atoms with Gasteiger partial charge in [0.25, 0.3) is 5.56 Å². The monoisotopic (exact) mass is 257 g/mol. The normalized spacial score (nSPS) is 11.2. The number of carboxylic acid groups (broad SMARTS) is 1. The van der Waals surface area contributed by atoms with Gasteiger partial charge in [0, 0.05) is 10.9 Å². The van der Waals surface area contributed by atoms with Gasteiger partial charge in [-0.15, -0.1) is 0 Å². The molecule has 0 saturated carbocycles. The van der Waals surface area contributed by atoms with E-state index in [0.29, 0.717) is 11.0 Å². The number of aryl methyl sites for hydroxylation is 1. The minimum atomic E-state index is -1.07. The predicted molar refractivity (Wildman–Crippen MR) is 70.2 cm³/mol. The standard InChI is InChI=1S/C13H11N3O3/c1-7-2-3-9-8(4-7)11-12(15-9)13(19)16(6-14-11)5-10(17)18/h2-4,6,15H,5H2,1H3,(H,17,18). The molecule has 3 aromatic rings. The molecule has 0 aliphatic heterocycles. The first-order valence-electron chi connectivity index (χ1n) is 5.75. The van der Waals surface area contributed by atoms with Crippen molar-refractivity contribution in [2.24, 2.45) is 0 Å². The Kier molecular flexibility index (Phi) is 2.38. The molecule has 0 amide bonds. The molecular formula is C13H11N3O3. The number of aromatic amines is 1. The van der Waals surface area contributed by atoms with Gasteiger partial charge in [-0.25, -0.2) is 4.98 Å². The van der Waals surface area contributed by atoms with Crippen LogP contribution in [0.2, 0.25) is 0 Å². The third-order valence-corrected chi connectivity index (χ3v) is 3.03. The molecule has 6 heteroatoms. The molecule has 0 spiro atoms. The van der Waals surface area contributed by atoms with Gasteiger partial charge in [0.1, 0.15) is 17.6 Å². The number of benzene rings is 1. The maximum Gasteiger partial charge on any atom is 0.323 e. The number of carboxylic acids is 1. The highest BCUT2D eigenvalue weighted by atomic mass is 16.4. The Morgan fingerprint density at radius 1 is 1.47 bits per heavy atom. The molecule has 2 aromatic heterocycles. The van der Waals surface area contributed by atoms with Crippen molar-refractivity contribution >= 4 is 27.9 Å². The van der Waals surface area contributed by atoms with Crippen LogP contribution in [-0.4, -0.2) is 25.6 Å². The topological polar surface area (TPSA) is 88.0 Å². The molecule has 0 saturated heterocycles. The van der Waals surface area contributed by atoms with Gasteiger partial charge >= 0.3 is 5.97 Å². The molecule has 2 heterocycles. The van der Waals surface area contributed by atoms with E-state index in [2.05, 4.69) is 9.97 Å². The summed E-state index contributed by atoms with van der Waals surface area (Å²) in [4.78, 5) is 30.0. The van der Waals surface area contributed by atoms with Crippen LogP contribution >= 0.6 is 0 Å². The number of aliphatic carboxylic acids is 1. The van der Waals surface area contributed by atoms with Crippen LogP contribution in [0.3, 0.4) is 0 Å². The number of hydrogen-bond acceptors (Lipinski definition) is 3. The molecule has 1 aromatic carbocycles. The lowest BCUT2D eigenvalue weighted by Crippen LogP contribution is -2.24. The van der Waals surface area contributed by atoms with Crippen molar-refractivity contribution in [1.82, 2.24) is 14.5 Å². The summed E-state index contributed by atoms with van der Waals surface area (Å²) < 4.78 is 1.08. The van der Waals surface area contributed by atoms with Crippen molar-refractivity contribution in [3.05, 3.63) is 40.4 Å². The summed E-state index contributed by atoms with van der Waals surface area (Å²) in [5.74, 6) is -1.07. The zero-order chi connectivity index (χ0) is 13.6. The number of aromatic nitrogens is 3. The summed E-state index contributed by atoms with van der Waals surface area (Å²) in [6.45, 7) is 1.57. The van der Waals surface area contributed by atoms with Crippen molar-refractivity contribution in [3.63, 3.8) is 0 Å². The molecule has 19 heavy (non-hydrogen) atoms. The highest BCUT2D eigenvalue weighted by molar-refractivity contribution is 6.04. The lowest BCUT2D eigenvalue weighted by molar-refractivity contribution is -0.137. The van der Waals surface area contributed by atoms with Crippen molar-refractivity contribution in [2.45, 2.75) is 13.5 Å². The Balaban J connectivity index is 2.35. The molecule has 6 nitrogen and oxygen atoms in total. The van der Waals surface area contributed by atoms with Crippen LogP contribution in [0.25, 0.3) is 21.9 Å². The van der Waals surface area contributed by atoms with Gasteiger partial charge in [-0.1, -0.05) is 11.6 Å². The predicted octanol–water partition coefficient (Wildman–Crippen LogP) is 1.27. The first kappa shape index (κ1) is 11.5. The van der Waals surface area contributed by atoms with Crippen molar-refractivity contribution in [2.75, 3.05) is 0 Å². The zero-order valence-electron chi connectivity index (χ0n) is 10.2. The largest absolute Gasteiger partial charge is 0.480 e. The average molecular weight is 257 g/mol. The summed E-state index contributed by atoms with van der Waals surface area (Å²) in [5, 5.41) is 9.61. The Bertz CT molecular complexity index is 861. The molecule has 0 bridgehead atoms. The van der Waals surface area contributed by atoms with E-state index in [1.165, 1.54) is 6.33 Å². The van der Waals surface area contributed by atoms with Crippen LogP contribution in [0.15, 0.2) is 29.3 Å². The van der Waals surface area contributed by atoms with E-state index < -0.39 is 12.5 Å². The molecule has 0 unspecified atom stereocenters. The van der Waals surface area contributed by atoms with Gasteiger partial charge < -0.3 is 10.1 Å². The third-order valence-electron chi connectivity index (χ3n) is 3.03. The van der Waals surface area contributed by atoms with Gasteiger partial charge in [0.05, 0.1) is 6.33 Å². The van der Waals surface area contributed by atoms with E-state index in [-0.39, 0.29) is 5.56 Å². The van der Waals surface area contributed by atoms with E-state index in [4.69, 9.17) is 5.11 Å². The molecule has 0 aliphatic rings. The fourth-order valence-electron chi connectivity index (χ4n) is 2.16. The fourth-order valence-corrected chi connectivity index (χ4v) is 2.16. The van der Waals surface area contributed by atoms with Crippen LogP contribution in [0.5, 0.6) is 0 Å². The maximum atomic E-state index is 12.1. The molecule has 0 atom stereocenters. The van der Waals surface area contributed by atoms with E-state index in [1.807, 2.05) is 25.1 Å². The first-order chi connectivity index (χ1) is 9.06. The highest BCUT2D eigenvalue weighted by Crippen LogP contribution is 2.22. The first-order valence-corrected chi connectivity index (χ1v) is 5.75. The zero-order valence-corrected chi connectivity index (χ0v) is 10.2. The van der Waals surface area contributed by atoms with E-state index in [9.17, 15) is 9.59 Å². The van der Waals surface area contributed by atoms with E-state index >= 15 is 0 Å². The molecule has 0 aliphatic carbocycles. The Morgan fingerprint density at radius 3 is 3.00 bits per heavy atom. The lowest BCUT2D eigenvalue weighted by Gasteiger charge is -2.00. The Labute approximate surface area is 107 Å². The second-order valence-electron chi connectivity index (χ2n) is 4.47. The highest BCUT2D eigenvalue weighted by Gasteiger charge is 2.12. The SMILES string of the molecule is Cc1ccc2[nH]c3c(=O)n(CC(=O)O)cnc3c2c1. The number of carbonyl (C=O) groups is 1. The van der Waals surface area contributed by atoms with Crippen molar-refractivity contribution in [3.8, 4) is 0 Å². The van der Waals surface area contributed by atoms with Gasteiger partial charge in [0.2, 0.25) is 0 Å². The van der Waals surface area contributed by atoms with Gasteiger partial charge in [-0.05, 0) is 19.1 Å². The van der Waals surface area contributed by atoms with Crippen LogP contribution in [-0.2, 0) is 11.3 Å². The summed E-state index contributed by atoms with van der Waals surface area (Å²) in [7, 11) is 0. The van der Waals surface area contributed by atoms with Crippen molar-refractivity contribution in [1.29, 1.82) is 0 Å². The van der Waals surface area contributed by atoms with Crippen molar-refractivity contribution < 1.29 is 9.90 Å². The van der Waals surface area contributed by atoms with Crippen LogP contribution in [0.1, 0.15) is 5.56 Å². The van der Waals surface area contributed by atoms with E-state index in [0.717, 1.165) is 21.0 Å². The summed E-state index contributed by atoms with van der Waals surface area (Å²) >= 11 is 0. The lowest BCUT2D eigenvalue weighted by atomic mass is 10.2. The molecule has 0 radical (unpaired) electrons. The third kappa shape index (κ3) is 1.77. The van der Waals surface area contributed by atoms with E-state index in [1.54, 1.807) is 0 Å². The number of rotatable bonds is 2. The quantitative estimate of drug-likeness (QED) is 0.723. The van der Waals surface area contributed by atoms with Gasteiger partial charge in [-0.3, -0.25) is 14.2 Å². The number of nitrogens with zero attached hydrogens (tertiary/aromatic N) is 2. The average Bonchev–Trinajstić information content (AvgIpc) is 2.71. The molecule has 3 rings (SSSR count). The Morgan fingerprint density at radius 2 is 2.26 bits per heavy atom. The van der Waals surface area contributed by atoms with Crippen LogP contribution in [0.4, 0.5) is 0 Å². The fraction of sp³-hybridized carbons (Fsp3) is 0.154. The summed E-state index contributed by atoms with van der Waals surface area (Å²) in [6.07, 6.45) is 1.27. The minimum Gasteiger partial charge on any atom is -0.480 e. The second-order valence-corrected chi connectivity index (χ2v) is 4.47. The van der Waals surface area contributed by atoms with Gasteiger partial charge in [0.15, 0.2) is 0 Å². The number of nitrogens with one attached hydrogen (secondary N) is 1. The van der Waals surface area contributed by atoms with Gasteiger partial charge in [-0.2, -0.15) is 0 Å². The summed E-state index contributed by atoms with van der Waals surface area (Å²) in [5.41, 5.74) is 2.43. The molecular weight excluding hydrogens is 246 g/mol. The molecule has 96 valence electrons. The van der Waals surface area contributed by atoms with Crippen LogP contribution < -0.4 is 5.56 Å².